The maximum absolute atomic E-state index is 12.4. The van der Waals surface area contributed by atoms with Crippen molar-refractivity contribution in [3.8, 4) is 11.5 Å². The van der Waals surface area contributed by atoms with Gasteiger partial charge >= 0.3 is 29.6 Å². The molecule has 0 amide bonds. The second kappa shape index (κ2) is 10.4. The molecule has 0 unspecified atom stereocenters. The summed E-state index contributed by atoms with van der Waals surface area (Å²) in [7, 11) is -5.00. The molecule has 4 rings (SSSR count). The number of para-hydroxylation sites is 1. The van der Waals surface area contributed by atoms with E-state index in [0.717, 1.165) is 18.2 Å². The molecule has 0 aliphatic heterocycles. The zero-order valence-corrected chi connectivity index (χ0v) is 20.9. The number of phenols is 1. The van der Waals surface area contributed by atoms with Crippen LogP contribution in [0.4, 0.5) is 28.4 Å². The molecule has 0 aliphatic rings. The quantitative estimate of drug-likeness (QED) is 0.0894. The number of phenolic OH excluding ortho intramolecular Hbond substituents is 1. The Balaban J connectivity index is 0.00000342. The standard InChI is InChI=1S/C22H16N4O7S.Na/c27-18-11-10-14(26(29)30)12-17(18)24-25-20-21(28)16-9-5-4-8-15(16)19(22(20)34(31,32)33)23-13-6-2-1-3-7-13;/h1-12,23,27-28H,(H,31,32,33);/q;+1/p-1. The first-order valence-electron chi connectivity index (χ1n) is 9.61. The van der Waals surface area contributed by atoms with E-state index in [1.807, 2.05) is 0 Å². The van der Waals surface area contributed by atoms with E-state index in [1.165, 1.54) is 12.1 Å². The van der Waals surface area contributed by atoms with Crippen LogP contribution in [0.3, 0.4) is 0 Å². The minimum atomic E-state index is -5.00. The molecular formula is C22H15N4NaO7S. The van der Waals surface area contributed by atoms with Crippen molar-refractivity contribution in [2.75, 3.05) is 5.32 Å². The van der Waals surface area contributed by atoms with Crippen molar-refractivity contribution >= 4 is 49.3 Å². The molecule has 4 aromatic rings. The summed E-state index contributed by atoms with van der Waals surface area (Å²) in [5.74, 6) is -1.34. The first kappa shape index (κ1) is 26.1. The molecule has 0 heterocycles. The van der Waals surface area contributed by atoms with Gasteiger partial charge in [0.25, 0.3) is 15.8 Å². The molecular weight excluding hydrogens is 487 g/mol. The van der Waals surface area contributed by atoms with Gasteiger partial charge in [0.1, 0.15) is 4.90 Å². The zero-order chi connectivity index (χ0) is 24.5. The van der Waals surface area contributed by atoms with Crippen molar-refractivity contribution in [2.24, 2.45) is 10.2 Å². The monoisotopic (exact) mass is 502 g/mol. The van der Waals surface area contributed by atoms with Gasteiger partial charge in [0.15, 0.2) is 11.4 Å². The van der Waals surface area contributed by atoms with Gasteiger partial charge in [-0.05, 0) is 12.1 Å². The summed E-state index contributed by atoms with van der Waals surface area (Å²) in [5, 5.41) is 44.7. The van der Waals surface area contributed by atoms with Crippen LogP contribution in [0.2, 0.25) is 0 Å². The number of nitrogens with zero attached hydrogens (tertiary/aromatic N) is 3. The van der Waals surface area contributed by atoms with E-state index in [0.29, 0.717) is 5.69 Å². The van der Waals surface area contributed by atoms with Gasteiger partial charge in [-0.3, -0.25) is 14.7 Å². The van der Waals surface area contributed by atoms with Crippen molar-refractivity contribution < 1.29 is 57.7 Å². The van der Waals surface area contributed by atoms with Crippen LogP contribution in [0.1, 0.15) is 0 Å². The van der Waals surface area contributed by atoms with Crippen molar-refractivity contribution in [1.82, 2.24) is 0 Å². The number of benzene rings is 4. The molecule has 0 spiro atoms. The summed E-state index contributed by atoms with van der Waals surface area (Å²) >= 11 is 0. The van der Waals surface area contributed by atoms with Gasteiger partial charge in [-0.1, -0.05) is 54.3 Å². The number of azo groups is 1. The largest absolute Gasteiger partial charge is 1.00 e. The summed E-state index contributed by atoms with van der Waals surface area (Å²) in [6, 6.07) is 17.5. The third-order valence-electron chi connectivity index (χ3n) is 4.83. The van der Waals surface area contributed by atoms with E-state index in [1.54, 1.807) is 42.5 Å². The molecule has 0 bridgehead atoms. The first-order valence-corrected chi connectivity index (χ1v) is 11.0. The Morgan fingerprint density at radius 3 is 2.17 bits per heavy atom. The van der Waals surface area contributed by atoms with E-state index < -0.39 is 48.5 Å². The number of aromatic hydroxyl groups is 1. The molecule has 0 saturated carbocycles. The van der Waals surface area contributed by atoms with E-state index in [2.05, 4.69) is 15.5 Å². The van der Waals surface area contributed by atoms with Crippen molar-refractivity contribution in [3.63, 3.8) is 0 Å². The zero-order valence-electron chi connectivity index (χ0n) is 18.1. The minimum absolute atomic E-state index is 0. The van der Waals surface area contributed by atoms with Gasteiger partial charge in [0.05, 0.1) is 16.3 Å². The van der Waals surface area contributed by atoms with E-state index >= 15 is 0 Å². The van der Waals surface area contributed by atoms with Gasteiger partial charge in [0.2, 0.25) is 0 Å². The minimum Gasteiger partial charge on any atom is -0.871 e. The second-order valence-electron chi connectivity index (χ2n) is 7.02. The smallest absolute Gasteiger partial charge is 0.871 e. The molecule has 3 N–H and O–H groups in total. The summed E-state index contributed by atoms with van der Waals surface area (Å²) in [5.41, 5.74) is -1.15. The first-order chi connectivity index (χ1) is 16.2. The van der Waals surface area contributed by atoms with Gasteiger partial charge in [-0.2, -0.15) is 13.5 Å². The van der Waals surface area contributed by atoms with Crippen molar-refractivity contribution in [2.45, 2.75) is 4.90 Å². The Bertz CT molecular complexity index is 1560. The third-order valence-corrected chi connectivity index (χ3v) is 5.74. The van der Waals surface area contributed by atoms with Crippen LogP contribution in [-0.4, -0.2) is 23.0 Å². The van der Waals surface area contributed by atoms with Crippen LogP contribution in [0.5, 0.6) is 11.5 Å². The van der Waals surface area contributed by atoms with Crippen molar-refractivity contribution in [1.29, 1.82) is 0 Å². The van der Waals surface area contributed by atoms with Crippen LogP contribution in [0, 0.1) is 10.1 Å². The van der Waals surface area contributed by atoms with Crippen LogP contribution in [-0.2, 0) is 10.1 Å². The fourth-order valence-electron chi connectivity index (χ4n) is 3.32. The van der Waals surface area contributed by atoms with E-state index in [-0.39, 0.29) is 46.0 Å². The molecule has 0 radical (unpaired) electrons. The molecule has 0 atom stereocenters. The van der Waals surface area contributed by atoms with Gasteiger partial charge in [-0.15, -0.1) is 5.11 Å². The molecule has 35 heavy (non-hydrogen) atoms. The fourth-order valence-corrected chi connectivity index (χ4v) is 4.12. The average Bonchev–Trinajstić information content (AvgIpc) is 2.80. The summed E-state index contributed by atoms with van der Waals surface area (Å²) < 4.78 is 34.9. The Morgan fingerprint density at radius 1 is 0.914 bits per heavy atom. The Kier molecular flexibility index (Phi) is 7.73. The SMILES string of the molecule is O=[N+]([O-])c1ccc([O-])c(N=Nc2c(S(=O)(=O)O)c(Nc3ccccc3)c3ccccc3c2O)c1.[Na+]. The maximum Gasteiger partial charge on any atom is 1.00 e. The molecule has 0 fully saturated rings. The molecule has 0 aliphatic carbocycles. The number of non-ortho nitro benzene ring substituents is 1. The molecule has 172 valence electrons. The number of hydrogen-bond donors (Lipinski definition) is 3. The Labute approximate surface area is 221 Å². The van der Waals surface area contributed by atoms with E-state index in [9.17, 15) is 33.3 Å². The normalized spacial score (nSPS) is 11.3. The number of hydrogen-bond acceptors (Lipinski definition) is 9. The van der Waals surface area contributed by atoms with Gasteiger partial charge < -0.3 is 15.5 Å². The molecule has 13 heteroatoms. The van der Waals surface area contributed by atoms with Crippen LogP contribution in [0.25, 0.3) is 10.8 Å². The predicted molar refractivity (Wildman–Crippen MR) is 122 cm³/mol. The maximum atomic E-state index is 12.4. The molecule has 0 aromatic heterocycles. The van der Waals surface area contributed by atoms with E-state index in [4.69, 9.17) is 0 Å². The Morgan fingerprint density at radius 2 is 1.54 bits per heavy atom. The number of nitro groups is 1. The number of fused-ring (bicyclic) bond motifs is 1. The van der Waals surface area contributed by atoms with Gasteiger partial charge in [0, 0.05) is 28.6 Å². The fraction of sp³-hybridized carbons (Fsp3) is 0. The number of anilines is 2. The number of rotatable bonds is 6. The summed E-state index contributed by atoms with van der Waals surface area (Å²) in [6.45, 7) is 0. The summed E-state index contributed by atoms with van der Waals surface area (Å²) in [4.78, 5) is 9.49. The van der Waals surface area contributed by atoms with Crippen LogP contribution < -0.4 is 40.0 Å². The molecule has 0 saturated heterocycles. The number of nitro benzene ring substituents is 1. The van der Waals surface area contributed by atoms with Crippen LogP contribution >= 0.6 is 0 Å². The molecule has 11 nitrogen and oxygen atoms in total. The third kappa shape index (κ3) is 5.42. The predicted octanol–water partition coefficient (Wildman–Crippen LogP) is 1.94. The van der Waals surface area contributed by atoms with Crippen LogP contribution in [0.15, 0.2) is 87.9 Å². The summed E-state index contributed by atoms with van der Waals surface area (Å²) in [6.07, 6.45) is 0. The van der Waals surface area contributed by atoms with Crippen molar-refractivity contribution in [3.05, 3.63) is 82.9 Å². The molecule has 4 aromatic carbocycles. The second-order valence-corrected chi connectivity index (χ2v) is 8.38. The van der Waals surface area contributed by atoms with Gasteiger partial charge in [-0.25, -0.2) is 0 Å². The average molecular weight is 502 g/mol. The number of nitrogens with one attached hydrogen (secondary N) is 1. The topological polar surface area (TPSA) is 178 Å². The Hall–Kier alpha value is -3.55.